The average Bonchev–Trinajstić information content (AvgIpc) is 2.65. The molecule has 0 aliphatic carbocycles. The van der Waals surface area contributed by atoms with Crippen molar-refractivity contribution in [2.45, 2.75) is 38.1 Å². The van der Waals surface area contributed by atoms with E-state index in [1.807, 2.05) is 33.7 Å². The lowest BCUT2D eigenvalue weighted by Gasteiger charge is -2.47. The molecular weight excluding hydrogens is 362 g/mol. The number of likely N-dealkylation sites (tertiary alicyclic amines) is 1. The molecule has 3 heterocycles. The Morgan fingerprint density at radius 2 is 2.04 bits per heavy atom. The highest BCUT2D eigenvalue weighted by Crippen LogP contribution is 2.42. The van der Waals surface area contributed by atoms with Gasteiger partial charge in [0.2, 0.25) is 0 Å². The fourth-order valence-corrected chi connectivity index (χ4v) is 4.83. The molecule has 0 saturated carbocycles. The Kier molecular flexibility index (Phi) is 4.96. The highest BCUT2D eigenvalue weighted by molar-refractivity contribution is 6.30. The molecule has 1 aromatic heterocycles. The van der Waals surface area contributed by atoms with Gasteiger partial charge in [-0.3, -0.25) is 4.79 Å². The second kappa shape index (κ2) is 7.39. The number of aromatic nitrogens is 1. The summed E-state index contributed by atoms with van der Waals surface area (Å²) in [6, 6.07) is 12.8. The van der Waals surface area contributed by atoms with E-state index in [-0.39, 0.29) is 23.6 Å². The summed E-state index contributed by atoms with van der Waals surface area (Å²) in [7, 11) is 0. The summed E-state index contributed by atoms with van der Waals surface area (Å²) >= 11 is 6.02. The van der Waals surface area contributed by atoms with E-state index in [2.05, 4.69) is 12.2 Å². The lowest BCUT2D eigenvalue weighted by molar-refractivity contribution is 0.108. The molecule has 2 aromatic rings. The number of amides is 2. The summed E-state index contributed by atoms with van der Waals surface area (Å²) in [5.74, 6) is 0.511. The molecule has 142 valence electrons. The lowest BCUT2D eigenvalue weighted by atomic mass is 9.77. The van der Waals surface area contributed by atoms with E-state index >= 15 is 0 Å². The van der Waals surface area contributed by atoms with Gasteiger partial charge in [-0.15, -0.1) is 0 Å². The second-order valence-corrected chi connectivity index (χ2v) is 7.99. The maximum Gasteiger partial charge on any atom is 0.321 e. The summed E-state index contributed by atoms with van der Waals surface area (Å²) in [4.78, 5) is 27.3. The van der Waals surface area contributed by atoms with Gasteiger partial charge in [0, 0.05) is 47.5 Å². The van der Waals surface area contributed by atoms with Gasteiger partial charge in [0.15, 0.2) is 0 Å². The first kappa shape index (κ1) is 18.1. The Balaban J connectivity index is 1.60. The molecule has 1 saturated heterocycles. The van der Waals surface area contributed by atoms with Crippen LogP contribution in [0.4, 0.5) is 10.5 Å². The third-order valence-corrected chi connectivity index (χ3v) is 5.98. The van der Waals surface area contributed by atoms with Crippen LogP contribution in [-0.2, 0) is 0 Å². The highest BCUT2D eigenvalue weighted by atomic mass is 35.5. The fourth-order valence-electron chi connectivity index (χ4n) is 4.64. The SMILES string of the molecule is CCC[C@H]1[C@H]2C[C@H](CN(C(=O)Nc3cccc(Cl)c3)C2)c2cccc(=O)n21. The number of rotatable bonds is 3. The van der Waals surface area contributed by atoms with Crippen LogP contribution in [0, 0.1) is 5.92 Å². The third-order valence-electron chi connectivity index (χ3n) is 5.75. The molecule has 1 fully saturated rings. The Hall–Kier alpha value is -2.27. The topological polar surface area (TPSA) is 54.3 Å². The largest absolute Gasteiger partial charge is 0.324 e. The number of anilines is 1. The first-order valence-corrected chi connectivity index (χ1v) is 9.97. The quantitative estimate of drug-likeness (QED) is 0.846. The second-order valence-electron chi connectivity index (χ2n) is 7.55. The molecule has 0 radical (unpaired) electrons. The van der Waals surface area contributed by atoms with E-state index in [9.17, 15) is 9.59 Å². The lowest BCUT2D eigenvalue weighted by Crippen LogP contribution is -2.52. The minimum absolute atomic E-state index is 0.0810. The van der Waals surface area contributed by atoms with Crippen LogP contribution in [0.15, 0.2) is 47.3 Å². The molecule has 6 heteroatoms. The van der Waals surface area contributed by atoms with Gasteiger partial charge in [-0.25, -0.2) is 4.79 Å². The van der Waals surface area contributed by atoms with E-state index in [0.717, 1.165) is 25.0 Å². The predicted octanol–water partition coefficient (Wildman–Crippen LogP) is 4.49. The van der Waals surface area contributed by atoms with Crippen molar-refractivity contribution >= 4 is 23.3 Å². The molecule has 2 aliphatic rings. The molecule has 0 unspecified atom stereocenters. The molecule has 4 rings (SSSR count). The van der Waals surface area contributed by atoms with Crippen molar-refractivity contribution in [3.63, 3.8) is 0 Å². The van der Waals surface area contributed by atoms with Crippen LogP contribution >= 0.6 is 11.6 Å². The molecule has 2 bridgehead atoms. The number of carbonyl (C=O) groups is 1. The summed E-state index contributed by atoms with van der Waals surface area (Å²) in [5.41, 5.74) is 1.85. The maximum absolute atomic E-state index is 12.9. The number of pyridine rings is 1. The number of nitrogens with one attached hydrogen (secondary N) is 1. The van der Waals surface area contributed by atoms with Gasteiger partial charge < -0.3 is 14.8 Å². The summed E-state index contributed by atoms with van der Waals surface area (Å²) in [6.45, 7) is 3.45. The number of halogens is 1. The number of nitrogens with zero attached hydrogens (tertiary/aromatic N) is 2. The number of fused-ring (bicyclic) bond motifs is 4. The molecule has 1 N–H and O–H groups in total. The molecule has 27 heavy (non-hydrogen) atoms. The van der Waals surface area contributed by atoms with Gasteiger partial charge in [-0.1, -0.05) is 37.1 Å². The molecule has 2 aliphatic heterocycles. The summed E-state index contributed by atoms with van der Waals surface area (Å²) < 4.78 is 1.99. The van der Waals surface area contributed by atoms with E-state index in [1.54, 1.807) is 18.2 Å². The van der Waals surface area contributed by atoms with E-state index in [1.165, 1.54) is 0 Å². The van der Waals surface area contributed by atoms with Gasteiger partial charge in [-0.05, 0) is 43.0 Å². The van der Waals surface area contributed by atoms with Crippen LogP contribution < -0.4 is 10.9 Å². The molecule has 3 atom stereocenters. The van der Waals surface area contributed by atoms with Crippen molar-refractivity contribution in [1.82, 2.24) is 9.47 Å². The number of carbonyl (C=O) groups excluding carboxylic acids is 1. The van der Waals surface area contributed by atoms with E-state index in [0.29, 0.717) is 29.7 Å². The molecular formula is C21H24ClN3O2. The van der Waals surface area contributed by atoms with Crippen LogP contribution in [0.2, 0.25) is 5.02 Å². The first-order chi connectivity index (χ1) is 13.1. The molecule has 5 nitrogen and oxygen atoms in total. The minimum atomic E-state index is -0.103. The van der Waals surface area contributed by atoms with Crippen LogP contribution in [0.3, 0.4) is 0 Å². The van der Waals surface area contributed by atoms with Crippen molar-refractivity contribution in [2.24, 2.45) is 5.92 Å². The van der Waals surface area contributed by atoms with Gasteiger partial charge >= 0.3 is 6.03 Å². The van der Waals surface area contributed by atoms with E-state index < -0.39 is 0 Å². The van der Waals surface area contributed by atoms with Crippen molar-refractivity contribution in [3.8, 4) is 0 Å². The Morgan fingerprint density at radius 3 is 2.81 bits per heavy atom. The third kappa shape index (κ3) is 3.48. The van der Waals surface area contributed by atoms with Crippen LogP contribution in [-0.4, -0.2) is 28.6 Å². The zero-order valence-corrected chi connectivity index (χ0v) is 16.2. The monoisotopic (exact) mass is 385 g/mol. The predicted molar refractivity (Wildman–Crippen MR) is 108 cm³/mol. The van der Waals surface area contributed by atoms with Crippen molar-refractivity contribution in [3.05, 3.63) is 63.5 Å². The number of hydrogen-bond acceptors (Lipinski definition) is 2. The smallest absolute Gasteiger partial charge is 0.321 e. The Labute approximate surface area is 163 Å². The number of urea groups is 1. The number of hydrogen-bond donors (Lipinski definition) is 1. The highest BCUT2D eigenvalue weighted by Gasteiger charge is 2.41. The zero-order valence-electron chi connectivity index (χ0n) is 15.4. The summed E-state index contributed by atoms with van der Waals surface area (Å²) in [6.07, 6.45) is 3.01. The molecule has 0 spiro atoms. The van der Waals surface area contributed by atoms with Crippen molar-refractivity contribution < 1.29 is 4.79 Å². The zero-order chi connectivity index (χ0) is 19.0. The fraction of sp³-hybridized carbons (Fsp3) is 0.429. The normalized spacial score (nSPS) is 23.6. The Morgan fingerprint density at radius 1 is 1.22 bits per heavy atom. The number of benzene rings is 1. The van der Waals surface area contributed by atoms with E-state index in [4.69, 9.17) is 11.6 Å². The van der Waals surface area contributed by atoms with Gasteiger partial charge in [-0.2, -0.15) is 0 Å². The van der Waals surface area contributed by atoms with Crippen LogP contribution in [0.25, 0.3) is 0 Å². The molecule has 2 amide bonds. The first-order valence-electron chi connectivity index (χ1n) is 9.59. The van der Waals surface area contributed by atoms with Gasteiger partial charge in [0.05, 0.1) is 0 Å². The number of piperidine rings is 1. The van der Waals surface area contributed by atoms with Crippen LogP contribution in [0.5, 0.6) is 0 Å². The Bertz CT molecular complexity index is 910. The van der Waals surface area contributed by atoms with Gasteiger partial charge in [0.1, 0.15) is 0 Å². The van der Waals surface area contributed by atoms with Crippen molar-refractivity contribution in [2.75, 3.05) is 18.4 Å². The van der Waals surface area contributed by atoms with Crippen molar-refractivity contribution in [1.29, 1.82) is 0 Å². The van der Waals surface area contributed by atoms with Gasteiger partial charge in [0.25, 0.3) is 5.56 Å². The van der Waals surface area contributed by atoms with Crippen LogP contribution in [0.1, 0.15) is 43.8 Å². The average molecular weight is 386 g/mol. The maximum atomic E-state index is 12.9. The molecule has 1 aromatic carbocycles. The standard InChI is InChI=1S/C21H24ClN3O2/c1-2-5-18-14-10-15(19-8-4-9-20(26)25(18)19)13-24(12-14)21(27)23-17-7-3-6-16(22)11-17/h3-4,6-9,11,14-15,18H,2,5,10,12-13H2,1H3,(H,23,27)/t14-,15+,18-/m0/s1. The summed E-state index contributed by atoms with van der Waals surface area (Å²) in [5, 5.41) is 3.55. The minimum Gasteiger partial charge on any atom is -0.324 e.